The van der Waals surface area contributed by atoms with E-state index in [2.05, 4.69) is 26.2 Å². The van der Waals surface area contributed by atoms with Crippen molar-refractivity contribution < 1.29 is 14.3 Å². The Morgan fingerprint density at radius 3 is 2.55 bits per heavy atom. The predicted molar refractivity (Wildman–Crippen MR) is 115 cm³/mol. The molecule has 1 N–H and O–H groups in total. The fourth-order valence-corrected chi connectivity index (χ4v) is 3.60. The van der Waals surface area contributed by atoms with Gasteiger partial charge in [-0.2, -0.15) is 0 Å². The zero-order valence-electron chi connectivity index (χ0n) is 16.7. The molecule has 1 fully saturated rings. The quantitative estimate of drug-likeness (QED) is 0.712. The van der Waals surface area contributed by atoms with Gasteiger partial charge in [-0.25, -0.2) is 4.98 Å². The molecule has 3 rings (SSSR count). The second kappa shape index (κ2) is 9.87. The zero-order valence-corrected chi connectivity index (χ0v) is 18.3. The van der Waals surface area contributed by atoms with Crippen LogP contribution in [0.15, 0.2) is 47.1 Å². The average Bonchev–Trinajstić information content (AvgIpc) is 2.72. The lowest BCUT2D eigenvalue weighted by Crippen LogP contribution is -2.43. The van der Waals surface area contributed by atoms with Crippen LogP contribution in [0.1, 0.15) is 42.6 Å². The summed E-state index contributed by atoms with van der Waals surface area (Å²) in [6.45, 7) is 5.44. The van der Waals surface area contributed by atoms with Crippen molar-refractivity contribution in [1.29, 1.82) is 0 Å². The largest absolute Gasteiger partial charge is 0.475 e. The van der Waals surface area contributed by atoms with Crippen LogP contribution < -0.4 is 10.1 Å². The minimum absolute atomic E-state index is 0.0140. The first-order valence-electron chi connectivity index (χ1n) is 9.87. The maximum Gasteiger partial charge on any atom is 0.253 e. The van der Waals surface area contributed by atoms with Crippen molar-refractivity contribution in [3.63, 3.8) is 0 Å². The van der Waals surface area contributed by atoms with Gasteiger partial charge in [0.2, 0.25) is 11.8 Å². The predicted octanol–water partition coefficient (Wildman–Crippen LogP) is 3.80. The first-order valence-corrected chi connectivity index (χ1v) is 10.7. The summed E-state index contributed by atoms with van der Waals surface area (Å²) >= 11 is 3.38. The van der Waals surface area contributed by atoms with Gasteiger partial charge < -0.3 is 15.0 Å². The Labute approximate surface area is 179 Å². The minimum Gasteiger partial charge on any atom is -0.475 e. The minimum atomic E-state index is -0.0879. The third kappa shape index (κ3) is 5.79. The summed E-state index contributed by atoms with van der Waals surface area (Å²) < 4.78 is 6.65. The number of rotatable bonds is 6. The molecule has 2 amide bonds. The van der Waals surface area contributed by atoms with Crippen molar-refractivity contribution in [2.24, 2.45) is 5.92 Å². The molecule has 0 saturated carbocycles. The van der Waals surface area contributed by atoms with Crippen LogP contribution in [0.2, 0.25) is 0 Å². The van der Waals surface area contributed by atoms with Crippen LogP contribution in [0.25, 0.3) is 0 Å². The van der Waals surface area contributed by atoms with Crippen molar-refractivity contribution in [2.45, 2.75) is 39.3 Å². The van der Waals surface area contributed by atoms with Crippen LogP contribution >= 0.6 is 15.9 Å². The van der Waals surface area contributed by atoms with Gasteiger partial charge in [0.05, 0.1) is 6.10 Å². The summed E-state index contributed by atoms with van der Waals surface area (Å²) in [4.78, 5) is 31.3. The van der Waals surface area contributed by atoms with Crippen LogP contribution in [0.3, 0.4) is 0 Å². The topological polar surface area (TPSA) is 71.5 Å². The van der Waals surface area contributed by atoms with Crippen LogP contribution in [0, 0.1) is 5.92 Å². The zero-order chi connectivity index (χ0) is 20.8. The van der Waals surface area contributed by atoms with Crippen molar-refractivity contribution in [3.05, 3.63) is 58.2 Å². The molecule has 0 spiro atoms. The van der Waals surface area contributed by atoms with E-state index in [1.807, 2.05) is 55.1 Å². The summed E-state index contributed by atoms with van der Waals surface area (Å²) in [6.07, 6.45) is 3.03. The molecule has 1 aliphatic heterocycles. The van der Waals surface area contributed by atoms with Crippen LogP contribution in [-0.4, -0.2) is 40.9 Å². The number of piperidine rings is 1. The number of halogens is 1. The number of benzene rings is 1. The Hall–Kier alpha value is -2.41. The molecule has 1 aliphatic rings. The van der Waals surface area contributed by atoms with Gasteiger partial charge in [0.1, 0.15) is 0 Å². The molecule has 0 radical (unpaired) electrons. The van der Waals surface area contributed by atoms with Crippen LogP contribution in [0.4, 0.5) is 0 Å². The van der Waals surface area contributed by atoms with E-state index >= 15 is 0 Å². The highest BCUT2D eigenvalue weighted by Gasteiger charge is 2.27. The molecule has 0 aliphatic carbocycles. The van der Waals surface area contributed by atoms with Gasteiger partial charge in [0.15, 0.2) is 0 Å². The standard InChI is InChI=1S/C22H26BrN3O3/c1-15(2)29-21-18(4-3-11-24-21)14-25-20(27)16-9-12-26(13-10-16)22(28)17-5-7-19(23)8-6-17/h3-8,11,15-16H,9-10,12-14H2,1-2H3,(H,25,27). The van der Waals surface area contributed by atoms with E-state index in [4.69, 9.17) is 4.74 Å². The number of nitrogens with one attached hydrogen (secondary N) is 1. The van der Waals surface area contributed by atoms with E-state index in [9.17, 15) is 9.59 Å². The molecule has 1 aromatic carbocycles. The smallest absolute Gasteiger partial charge is 0.253 e. The summed E-state index contributed by atoms with van der Waals surface area (Å²) in [7, 11) is 0. The second-order valence-corrected chi connectivity index (χ2v) is 8.34. The van der Waals surface area contributed by atoms with Crippen molar-refractivity contribution >= 4 is 27.7 Å². The van der Waals surface area contributed by atoms with E-state index in [0.29, 0.717) is 43.9 Å². The van der Waals surface area contributed by atoms with Gasteiger partial charge in [0, 0.05) is 47.3 Å². The molecular formula is C22H26BrN3O3. The Morgan fingerprint density at radius 1 is 1.21 bits per heavy atom. The van der Waals surface area contributed by atoms with E-state index in [1.54, 1.807) is 6.20 Å². The number of hydrogen-bond acceptors (Lipinski definition) is 4. The maximum atomic E-state index is 12.6. The molecule has 1 saturated heterocycles. The van der Waals surface area contributed by atoms with Crippen molar-refractivity contribution in [3.8, 4) is 5.88 Å². The van der Waals surface area contributed by atoms with Gasteiger partial charge in [-0.15, -0.1) is 0 Å². The maximum absolute atomic E-state index is 12.6. The first-order chi connectivity index (χ1) is 13.9. The molecule has 0 atom stereocenters. The molecular weight excluding hydrogens is 434 g/mol. The molecule has 7 heteroatoms. The molecule has 0 bridgehead atoms. The highest BCUT2D eigenvalue weighted by molar-refractivity contribution is 9.10. The van der Waals surface area contributed by atoms with E-state index < -0.39 is 0 Å². The molecule has 0 unspecified atom stereocenters. The number of carbonyl (C=O) groups is 2. The molecule has 154 valence electrons. The SMILES string of the molecule is CC(C)Oc1ncccc1CNC(=O)C1CCN(C(=O)c2ccc(Br)cc2)CC1. The number of likely N-dealkylation sites (tertiary alicyclic amines) is 1. The van der Waals surface area contributed by atoms with E-state index in [-0.39, 0.29) is 23.8 Å². The van der Waals surface area contributed by atoms with Gasteiger partial charge >= 0.3 is 0 Å². The number of ether oxygens (including phenoxy) is 1. The number of carbonyl (C=O) groups excluding carboxylic acids is 2. The van der Waals surface area contributed by atoms with Gasteiger partial charge in [-0.05, 0) is 57.0 Å². The van der Waals surface area contributed by atoms with Crippen molar-refractivity contribution in [2.75, 3.05) is 13.1 Å². The van der Waals surface area contributed by atoms with E-state index in [0.717, 1.165) is 10.0 Å². The molecule has 1 aromatic heterocycles. The number of aromatic nitrogens is 1. The average molecular weight is 460 g/mol. The normalized spacial score (nSPS) is 14.7. The van der Waals surface area contributed by atoms with Crippen molar-refractivity contribution in [1.82, 2.24) is 15.2 Å². The molecule has 29 heavy (non-hydrogen) atoms. The number of hydrogen-bond donors (Lipinski definition) is 1. The first kappa shape index (κ1) is 21.3. The number of amides is 2. The van der Waals surface area contributed by atoms with Gasteiger partial charge in [-0.1, -0.05) is 22.0 Å². The number of nitrogens with zero attached hydrogens (tertiary/aromatic N) is 2. The summed E-state index contributed by atoms with van der Waals surface area (Å²) in [5.74, 6) is 0.495. The Morgan fingerprint density at radius 2 is 1.90 bits per heavy atom. The lowest BCUT2D eigenvalue weighted by Gasteiger charge is -2.31. The molecule has 2 aromatic rings. The third-order valence-corrected chi connectivity index (χ3v) is 5.42. The van der Waals surface area contributed by atoms with E-state index in [1.165, 1.54) is 0 Å². The monoisotopic (exact) mass is 459 g/mol. The number of pyridine rings is 1. The summed E-state index contributed by atoms with van der Waals surface area (Å²) in [5, 5.41) is 3.00. The highest BCUT2D eigenvalue weighted by atomic mass is 79.9. The Bertz CT molecular complexity index is 847. The fourth-order valence-electron chi connectivity index (χ4n) is 3.33. The lowest BCUT2D eigenvalue weighted by molar-refractivity contribution is -0.126. The second-order valence-electron chi connectivity index (χ2n) is 7.43. The summed E-state index contributed by atoms with van der Waals surface area (Å²) in [6, 6.07) is 11.1. The molecule has 2 heterocycles. The Kier molecular flexibility index (Phi) is 7.25. The van der Waals surface area contributed by atoms with Gasteiger partial charge in [-0.3, -0.25) is 9.59 Å². The fraction of sp³-hybridized carbons (Fsp3) is 0.409. The molecule has 6 nitrogen and oxygen atoms in total. The lowest BCUT2D eigenvalue weighted by atomic mass is 9.95. The summed E-state index contributed by atoms with van der Waals surface area (Å²) in [5.41, 5.74) is 1.53. The van der Waals surface area contributed by atoms with Gasteiger partial charge in [0.25, 0.3) is 5.91 Å². The van der Waals surface area contributed by atoms with Crippen LogP contribution in [-0.2, 0) is 11.3 Å². The third-order valence-electron chi connectivity index (χ3n) is 4.89. The highest BCUT2D eigenvalue weighted by Crippen LogP contribution is 2.21. The Balaban J connectivity index is 1.50. The van der Waals surface area contributed by atoms with Crippen LogP contribution in [0.5, 0.6) is 5.88 Å².